The van der Waals surface area contributed by atoms with Crippen molar-refractivity contribution in [3.05, 3.63) is 28.2 Å². The summed E-state index contributed by atoms with van der Waals surface area (Å²) in [6.45, 7) is 2.15. The third-order valence-electron chi connectivity index (χ3n) is 5.21. The highest BCUT2D eigenvalue weighted by Gasteiger charge is 2.42. The van der Waals surface area contributed by atoms with Crippen molar-refractivity contribution in [3.63, 3.8) is 0 Å². The summed E-state index contributed by atoms with van der Waals surface area (Å²) in [6.07, 6.45) is 5.39. The van der Waals surface area contributed by atoms with Gasteiger partial charge in [0.15, 0.2) is 0 Å². The van der Waals surface area contributed by atoms with Gasteiger partial charge in [-0.25, -0.2) is 0 Å². The third kappa shape index (κ3) is 2.96. The SMILES string of the molecule is COc1ccc(Br)c(C(=O)N[C@@H](C)[C@H]2C[C@H]3CC[C@H]2C3)c1. The highest BCUT2D eigenvalue weighted by atomic mass is 79.9. The van der Waals surface area contributed by atoms with Crippen molar-refractivity contribution in [2.75, 3.05) is 7.11 Å². The first-order valence-corrected chi connectivity index (χ1v) is 8.52. The van der Waals surface area contributed by atoms with E-state index in [1.54, 1.807) is 13.2 Å². The van der Waals surface area contributed by atoms with Crippen molar-refractivity contribution in [3.8, 4) is 5.75 Å². The van der Waals surface area contributed by atoms with Gasteiger partial charge in [0.1, 0.15) is 5.75 Å². The topological polar surface area (TPSA) is 38.3 Å². The lowest BCUT2D eigenvalue weighted by molar-refractivity contribution is 0.0914. The highest BCUT2D eigenvalue weighted by molar-refractivity contribution is 9.10. The smallest absolute Gasteiger partial charge is 0.252 e. The van der Waals surface area contributed by atoms with Crippen LogP contribution in [0.4, 0.5) is 0 Å². The van der Waals surface area contributed by atoms with Crippen LogP contribution >= 0.6 is 15.9 Å². The second-order valence-corrected chi connectivity index (χ2v) is 7.30. The third-order valence-corrected chi connectivity index (χ3v) is 5.90. The highest BCUT2D eigenvalue weighted by Crippen LogP contribution is 2.49. The van der Waals surface area contributed by atoms with Crippen LogP contribution in [0.25, 0.3) is 0 Å². The van der Waals surface area contributed by atoms with Gasteiger partial charge in [-0.2, -0.15) is 0 Å². The number of benzene rings is 1. The summed E-state index contributed by atoms with van der Waals surface area (Å²) in [7, 11) is 1.61. The molecule has 0 saturated heterocycles. The first kappa shape index (κ1) is 14.9. The average Bonchev–Trinajstić information content (AvgIpc) is 3.10. The average molecular weight is 352 g/mol. The first-order chi connectivity index (χ1) is 10.1. The lowest BCUT2D eigenvalue weighted by Gasteiger charge is -2.28. The first-order valence-electron chi connectivity index (χ1n) is 7.73. The fourth-order valence-corrected chi connectivity index (χ4v) is 4.53. The molecule has 2 bridgehead atoms. The van der Waals surface area contributed by atoms with E-state index in [0.717, 1.165) is 16.3 Å². The molecule has 1 amide bonds. The Morgan fingerprint density at radius 3 is 2.81 bits per heavy atom. The molecule has 4 atom stereocenters. The standard InChI is InChI=1S/C17H22BrNO2/c1-10(14-8-11-3-4-12(14)7-11)19-17(20)15-9-13(21-2)5-6-16(15)18/h5-6,9-12,14H,3-4,7-8H2,1-2H3,(H,19,20)/t10-,11-,12-,14+/m0/s1. The van der Waals surface area contributed by atoms with E-state index in [-0.39, 0.29) is 11.9 Å². The van der Waals surface area contributed by atoms with E-state index in [0.29, 0.717) is 17.2 Å². The maximum atomic E-state index is 12.5. The summed E-state index contributed by atoms with van der Waals surface area (Å²) in [5.41, 5.74) is 0.643. The molecule has 0 heterocycles. The van der Waals surface area contributed by atoms with Crippen LogP contribution in [0.3, 0.4) is 0 Å². The molecule has 2 saturated carbocycles. The number of halogens is 1. The Bertz CT molecular complexity index is 546. The van der Waals surface area contributed by atoms with Gasteiger partial charge >= 0.3 is 0 Å². The molecule has 0 radical (unpaired) electrons. The molecule has 114 valence electrons. The van der Waals surface area contributed by atoms with E-state index in [1.807, 2.05) is 12.1 Å². The summed E-state index contributed by atoms with van der Waals surface area (Å²) in [5, 5.41) is 3.19. The van der Waals surface area contributed by atoms with Crippen LogP contribution in [-0.2, 0) is 0 Å². The number of methoxy groups -OCH3 is 1. The molecule has 0 aliphatic heterocycles. The van der Waals surface area contributed by atoms with Gasteiger partial charge < -0.3 is 10.1 Å². The van der Waals surface area contributed by atoms with Crippen molar-refractivity contribution < 1.29 is 9.53 Å². The van der Waals surface area contributed by atoms with Gasteiger partial charge in [-0.1, -0.05) is 6.42 Å². The minimum atomic E-state index is -0.0175. The molecule has 0 unspecified atom stereocenters. The fraction of sp³-hybridized carbons (Fsp3) is 0.588. The lowest BCUT2D eigenvalue weighted by atomic mass is 9.84. The maximum absolute atomic E-state index is 12.5. The summed E-state index contributed by atoms with van der Waals surface area (Å²) in [5.74, 6) is 3.06. The van der Waals surface area contributed by atoms with E-state index in [9.17, 15) is 4.79 Å². The fourth-order valence-electron chi connectivity index (χ4n) is 4.10. The van der Waals surface area contributed by atoms with Crippen LogP contribution in [0.15, 0.2) is 22.7 Å². The van der Waals surface area contributed by atoms with Crippen LogP contribution in [0.2, 0.25) is 0 Å². The zero-order chi connectivity index (χ0) is 15.0. The van der Waals surface area contributed by atoms with E-state index >= 15 is 0 Å². The Morgan fingerprint density at radius 1 is 1.38 bits per heavy atom. The second-order valence-electron chi connectivity index (χ2n) is 6.45. The zero-order valence-electron chi connectivity index (χ0n) is 12.6. The molecule has 2 aliphatic rings. The largest absolute Gasteiger partial charge is 0.497 e. The Hall–Kier alpha value is -1.03. The predicted octanol–water partition coefficient (Wildman–Crippen LogP) is 4.01. The van der Waals surface area contributed by atoms with Crippen LogP contribution < -0.4 is 10.1 Å². The second kappa shape index (κ2) is 5.99. The van der Waals surface area contributed by atoms with Gasteiger partial charge in [-0.15, -0.1) is 0 Å². The number of nitrogens with one attached hydrogen (secondary N) is 1. The number of fused-ring (bicyclic) bond motifs is 2. The minimum absolute atomic E-state index is 0.0175. The Kier molecular flexibility index (Phi) is 4.25. The Balaban J connectivity index is 1.68. The van der Waals surface area contributed by atoms with E-state index in [4.69, 9.17) is 4.74 Å². The monoisotopic (exact) mass is 351 g/mol. The zero-order valence-corrected chi connectivity index (χ0v) is 14.2. The summed E-state index contributed by atoms with van der Waals surface area (Å²) >= 11 is 3.45. The molecule has 1 N–H and O–H groups in total. The number of hydrogen-bond acceptors (Lipinski definition) is 2. The van der Waals surface area contributed by atoms with Gasteiger partial charge in [0.2, 0.25) is 0 Å². The molecular formula is C17H22BrNO2. The normalized spacial score (nSPS) is 28.4. The molecular weight excluding hydrogens is 330 g/mol. The summed E-state index contributed by atoms with van der Waals surface area (Å²) in [6, 6.07) is 5.73. The Labute approximate surface area is 134 Å². The van der Waals surface area contributed by atoms with Crippen LogP contribution in [0, 0.1) is 17.8 Å². The van der Waals surface area contributed by atoms with E-state index < -0.39 is 0 Å². The molecule has 2 fully saturated rings. The van der Waals surface area contributed by atoms with Crippen LogP contribution in [-0.4, -0.2) is 19.1 Å². The number of carbonyl (C=O) groups is 1. The number of amides is 1. The van der Waals surface area contributed by atoms with Gasteiger partial charge in [0.25, 0.3) is 5.91 Å². The van der Waals surface area contributed by atoms with Gasteiger partial charge in [-0.05, 0) is 78.1 Å². The van der Waals surface area contributed by atoms with E-state index in [2.05, 4.69) is 28.2 Å². The molecule has 3 nitrogen and oxygen atoms in total. The summed E-state index contributed by atoms with van der Waals surface area (Å²) in [4.78, 5) is 12.5. The van der Waals surface area contributed by atoms with Crippen LogP contribution in [0.1, 0.15) is 43.0 Å². The minimum Gasteiger partial charge on any atom is -0.497 e. The van der Waals surface area contributed by atoms with Gasteiger partial charge in [-0.3, -0.25) is 4.79 Å². The quantitative estimate of drug-likeness (QED) is 0.889. The predicted molar refractivity (Wildman–Crippen MR) is 86.6 cm³/mol. The Morgan fingerprint density at radius 2 is 2.19 bits per heavy atom. The number of rotatable bonds is 4. The lowest BCUT2D eigenvalue weighted by Crippen LogP contribution is -2.40. The molecule has 0 spiro atoms. The van der Waals surface area contributed by atoms with Crippen molar-refractivity contribution >= 4 is 21.8 Å². The summed E-state index contributed by atoms with van der Waals surface area (Å²) < 4.78 is 6.01. The van der Waals surface area contributed by atoms with Crippen molar-refractivity contribution in [2.24, 2.45) is 17.8 Å². The number of hydrogen-bond donors (Lipinski definition) is 1. The molecule has 4 heteroatoms. The molecule has 2 aliphatic carbocycles. The molecule has 1 aromatic rings. The van der Waals surface area contributed by atoms with Crippen LogP contribution in [0.5, 0.6) is 5.75 Å². The number of carbonyl (C=O) groups excluding carboxylic acids is 1. The molecule has 0 aromatic heterocycles. The van der Waals surface area contributed by atoms with Crippen molar-refractivity contribution in [1.82, 2.24) is 5.32 Å². The van der Waals surface area contributed by atoms with E-state index in [1.165, 1.54) is 25.7 Å². The molecule has 1 aromatic carbocycles. The van der Waals surface area contributed by atoms with Gasteiger partial charge in [0, 0.05) is 10.5 Å². The van der Waals surface area contributed by atoms with Crippen molar-refractivity contribution in [2.45, 2.75) is 38.6 Å². The van der Waals surface area contributed by atoms with Gasteiger partial charge in [0.05, 0.1) is 12.7 Å². The maximum Gasteiger partial charge on any atom is 0.252 e. The number of ether oxygens (including phenoxy) is 1. The molecule has 21 heavy (non-hydrogen) atoms. The molecule has 3 rings (SSSR count). The van der Waals surface area contributed by atoms with Crippen molar-refractivity contribution in [1.29, 1.82) is 0 Å².